The molecule has 2 aromatic rings. The van der Waals surface area contributed by atoms with E-state index in [4.69, 9.17) is 9.72 Å². The number of fused-ring (bicyclic) bond motifs is 4. The quantitative estimate of drug-likeness (QED) is 0.397. The maximum Gasteiger partial charge on any atom is 0.316 e. The lowest BCUT2D eigenvalue weighted by molar-refractivity contribution is -0.165. The number of cyclic esters (lactones) is 1. The zero-order valence-corrected chi connectivity index (χ0v) is 26.3. The Morgan fingerprint density at radius 3 is 2.38 bits per heavy atom. The highest BCUT2D eigenvalue weighted by atomic mass is 32.2. The molecule has 1 spiro atoms. The number of hydrazine groups is 1. The fourth-order valence-corrected chi connectivity index (χ4v) is 7.76. The number of carbonyl (C=O) groups is 4. The van der Waals surface area contributed by atoms with E-state index in [9.17, 15) is 27.6 Å². The van der Waals surface area contributed by atoms with Crippen LogP contribution in [0, 0.1) is 11.3 Å². The van der Waals surface area contributed by atoms with E-state index < -0.39 is 57.3 Å². The van der Waals surface area contributed by atoms with Gasteiger partial charge in [0.25, 0.3) is 11.8 Å². The third kappa shape index (κ3) is 6.74. The molecule has 0 unspecified atom stereocenters. The third-order valence-electron chi connectivity index (χ3n) is 9.30. The first-order chi connectivity index (χ1) is 21.4. The number of pyridine rings is 1. The fraction of sp³-hybridized carbons (Fsp3) is 0.531. The lowest BCUT2D eigenvalue weighted by atomic mass is 9.81. The van der Waals surface area contributed by atoms with Gasteiger partial charge in [0.2, 0.25) is 5.91 Å². The Morgan fingerprint density at radius 1 is 0.933 bits per heavy atom. The van der Waals surface area contributed by atoms with Gasteiger partial charge in [0.1, 0.15) is 21.9 Å². The van der Waals surface area contributed by atoms with Crippen molar-refractivity contribution in [2.75, 3.05) is 18.1 Å². The van der Waals surface area contributed by atoms with Crippen LogP contribution in [0.25, 0.3) is 17.0 Å². The normalized spacial score (nSPS) is 29.2. The van der Waals surface area contributed by atoms with Crippen LogP contribution in [-0.2, 0) is 33.8 Å². The summed E-state index contributed by atoms with van der Waals surface area (Å²) in [6, 6.07) is 7.45. The van der Waals surface area contributed by atoms with Gasteiger partial charge in [-0.2, -0.15) is 0 Å². The van der Waals surface area contributed by atoms with E-state index in [1.807, 2.05) is 37.3 Å². The summed E-state index contributed by atoms with van der Waals surface area (Å²) in [5, 5.41) is 7.97. The molecule has 5 bridgehead atoms. The van der Waals surface area contributed by atoms with Crippen molar-refractivity contribution >= 4 is 50.5 Å². The minimum Gasteiger partial charge on any atom is -0.451 e. The molecule has 0 radical (unpaired) electrons. The summed E-state index contributed by atoms with van der Waals surface area (Å²) in [5.41, 5.74) is 3.88. The molecule has 1 aliphatic carbocycles. The molecule has 3 amide bonds. The predicted octanol–water partition coefficient (Wildman–Crippen LogP) is 1.96. The van der Waals surface area contributed by atoms with E-state index in [1.165, 1.54) is 5.01 Å². The minimum atomic E-state index is -3.31. The Hall–Kier alpha value is -3.84. The van der Waals surface area contributed by atoms with Crippen LogP contribution in [0.5, 0.6) is 0 Å². The molecule has 3 N–H and O–H groups in total. The number of hydrogen-bond acceptors (Lipinski definition) is 9. The van der Waals surface area contributed by atoms with Crippen LogP contribution in [0.15, 0.2) is 36.4 Å². The number of esters is 1. The van der Waals surface area contributed by atoms with Gasteiger partial charge in [-0.15, -0.1) is 0 Å². The van der Waals surface area contributed by atoms with Gasteiger partial charge < -0.3 is 15.4 Å². The molecular formula is C32H39N5O7S. The number of carbonyl (C=O) groups excluding carboxylic acids is 4. The molecule has 6 rings (SSSR count). The Morgan fingerprint density at radius 2 is 1.64 bits per heavy atom. The molecule has 12 nitrogen and oxygen atoms in total. The van der Waals surface area contributed by atoms with Gasteiger partial charge in [0.15, 0.2) is 6.10 Å². The summed E-state index contributed by atoms with van der Waals surface area (Å²) < 4.78 is 30.6. The van der Waals surface area contributed by atoms with Crippen LogP contribution < -0.4 is 16.1 Å². The number of amides is 3. The molecule has 240 valence electrons. The number of rotatable bonds is 1. The number of ether oxygens (including phenoxy) is 1. The van der Waals surface area contributed by atoms with Gasteiger partial charge in [-0.3, -0.25) is 29.2 Å². The highest BCUT2D eigenvalue weighted by Crippen LogP contribution is 2.40. The number of hydrogen-bond donors (Lipinski definition) is 3. The zero-order valence-electron chi connectivity index (χ0n) is 25.5. The van der Waals surface area contributed by atoms with Crippen molar-refractivity contribution < 1.29 is 32.3 Å². The zero-order chi connectivity index (χ0) is 31.9. The van der Waals surface area contributed by atoms with Crippen molar-refractivity contribution in [1.29, 1.82) is 0 Å². The Labute approximate surface area is 262 Å². The third-order valence-corrected chi connectivity index (χ3v) is 11.0. The average molecular weight is 638 g/mol. The monoisotopic (exact) mass is 637 g/mol. The van der Waals surface area contributed by atoms with Crippen molar-refractivity contribution in [2.24, 2.45) is 11.3 Å². The molecule has 4 heterocycles. The topological polar surface area (TPSA) is 164 Å². The highest BCUT2D eigenvalue weighted by molar-refractivity contribution is 7.91. The second-order valence-electron chi connectivity index (χ2n) is 12.8. The maximum absolute atomic E-state index is 13.9. The molecule has 2 saturated heterocycles. The van der Waals surface area contributed by atoms with Crippen LogP contribution in [0.4, 0.5) is 0 Å². The average Bonchev–Trinajstić information content (AvgIpc) is 3.87. The van der Waals surface area contributed by atoms with Crippen molar-refractivity contribution in [3.8, 4) is 0 Å². The molecule has 45 heavy (non-hydrogen) atoms. The van der Waals surface area contributed by atoms with Crippen LogP contribution in [0.3, 0.4) is 0 Å². The van der Waals surface area contributed by atoms with Crippen molar-refractivity contribution in [3.63, 3.8) is 0 Å². The van der Waals surface area contributed by atoms with Crippen LogP contribution in [-0.4, -0.2) is 78.3 Å². The Kier molecular flexibility index (Phi) is 8.42. The first kappa shape index (κ1) is 31.2. The smallest absolute Gasteiger partial charge is 0.316 e. The van der Waals surface area contributed by atoms with Crippen molar-refractivity contribution in [3.05, 3.63) is 47.7 Å². The largest absolute Gasteiger partial charge is 0.451 e. The fourth-order valence-electron chi connectivity index (χ4n) is 6.20. The Bertz CT molecular complexity index is 1660. The molecule has 4 atom stereocenters. The second kappa shape index (κ2) is 12.2. The van der Waals surface area contributed by atoms with E-state index >= 15 is 0 Å². The molecule has 13 heteroatoms. The van der Waals surface area contributed by atoms with Crippen LogP contribution >= 0.6 is 0 Å². The van der Waals surface area contributed by atoms with Gasteiger partial charge in [-0.05, 0) is 70.1 Å². The first-order valence-corrected chi connectivity index (χ1v) is 17.4. The molecule has 1 aromatic carbocycles. The SMILES string of the molecule is C[C@@H]1NC(=O)[C@H](C2CC2)OC(=O)C2(C=Cc3ccc4ccc(nc4c3)[C@@H](C)NC(=O)[C@@H]3CCCN(N3)C1=O)CCS(=O)(=O)CC2. The maximum atomic E-state index is 13.9. The van der Waals surface area contributed by atoms with Crippen molar-refractivity contribution in [2.45, 2.75) is 76.6 Å². The standard InChI is InChI=1S/C32H39N5O7S/c1-19-24-10-9-22-6-5-21(18-26(22)35-24)11-12-32(13-16-45(42,43)17-14-32)31(41)44-27(23-7-8-23)29(39)34-20(2)30(40)37-15-3-4-25(36-37)28(38)33-19/h5-6,9-12,18-20,23,25,27,36H,3-4,7-8,13-17H2,1-2H3,(H,33,38)(H,34,39)/t19-,20+,25+,27+/m1/s1. The second-order valence-corrected chi connectivity index (χ2v) is 15.1. The first-order valence-electron chi connectivity index (χ1n) is 15.6. The van der Waals surface area contributed by atoms with E-state index in [0.29, 0.717) is 43.4 Å². The number of nitrogens with one attached hydrogen (secondary N) is 3. The summed E-state index contributed by atoms with van der Waals surface area (Å²) in [5.74, 6) is -2.43. The molecule has 3 aliphatic heterocycles. The van der Waals surface area contributed by atoms with Crippen molar-refractivity contribution in [1.82, 2.24) is 26.1 Å². The number of sulfone groups is 1. The molecular weight excluding hydrogens is 598 g/mol. The van der Waals surface area contributed by atoms with E-state index in [1.54, 1.807) is 19.1 Å². The van der Waals surface area contributed by atoms with Gasteiger partial charge in [-0.25, -0.2) is 13.8 Å². The van der Waals surface area contributed by atoms with E-state index in [0.717, 1.165) is 10.9 Å². The summed E-state index contributed by atoms with van der Waals surface area (Å²) in [6.07, 6.45) is 4.95. The van der Waals surface area contributed by atoms with Gasteiger partial charge in [0, 0.05) is 17.8 Å². The van der Waals surface area contributed by atoms with Gasteiger partial charge in [0.05, 0.1) is 34.2 Å². The number of aromatic nitrogens is 1. The van der Waals surface area contributed by atoms with Gasteiger partial charge >= 0.3 is 5.97 Å². The molecule has 3 fully saturated rings. The minimum absolute atomic E-state index is 0.0353. The molecule has 1 aromatic heterocycles. The summed E-state index contributed by atoms with van der Waals surface area (Å²) in [4.78, 5) is 58.7. The lowest BCUT2D eigenvalue weighted by Crippen LogP contribution is -2.61. The molecule has 4 aliphatic rings. The van der Waals surface area contributed by atoms with E-state index in [2.05, 4.69) is 16.1 Å². The predicted molar refractivity (Wildman–Crippen MR) is 166 cm³/mol. The van der Waals surface area contributed by atoms with Crippen LogP contribution in [0.1, 0.15) is 69.7 Å². The number of benzene rings is 1. The lowest BCUT2D eigenvalue weighted by Gasteiger charge is -2.35. The van der Waals surface area contributed by atoms with Gasteiger partial charge in [-0.1, -0.05) is 30.4 Å². The van der Waals surface area contributed by atoms with E-state index in [-0.39, 0.29) is 36.2 Å². The van der Waals surface area contributed by atoms with Crippen LogP contribution in [0.2, 0.25) is 0 Å². The molecule has 1 saturated carbocycles. The summed E-state index contributed by atoms with van der Waals surface area (Å²) in [7, 11) is -3.31. The Balaban J connectivity index is 1.37. The highest BCUT2D eigenvalue weighted by Gasteiger charge is 2.47. The summed E-state index contributed by atoms with van der Waals surface area (Å²) in [6.45, 7) is 3.77. The summed E-state index contributed by atoms with van der Waals surface area (Å²) >= 11 is 0. The number of nitrogens with zero attached hydrogens (tertiary/aromatic N) is 2.